The van der Waals surface area contributed by atoms with Crippen LogP contribution in [0.1, 0.15) is 17.5 Å². The molecule has 0 aliphatic carbocycles. The van der Waals surface area contributed by atoms with E-state index in [2.05, 4.69) is 26.2 Å². The van der Waals surface area contributed by atoms with Crippen LogP contribution in [-0.4, -0.2) is 55.1 Å². The minimum absolute atomic E-state index is 0.0608. The lowest BCUT2D eigenvalue weighted by atomic mass is 10.2. The third-order valence-corrected chi connectivity index (χ3v) is 4.42. The maximum Gasteiger partial charge on any atom is 0.408 e. The normalized spacial score (nSPS) is 13.7. The molecule has 2 aromatic rings. The molecule has 32 heavy (non-hydrogen) atoms. The van der Waals surface area contributed by atoms with Gasteiger partial charge in [-0.25, -0.2) is 20.0 Å². The van der Waals surface area contributed by atoms with Crippen LogP contribution in [0.4, 0.5) is 4.79 Å². The molecule has 0 radical (unpaired) electrons. The first-order valence-electron chi connectivity index (χ1n) is 10.1. The van der Waals surface area contributed by atoms with Crippen molar-refractivity contribution in [1.29, 1.82) is 0 Å². The van der Waals surface area contributed by atoms with Crippen molar-refractivity contribution in [3.63, 3.8) is 0 Å². The number of alkyl carbamates (subject to hydrolysis) is 1. The van der Waals surface area contributed by atoms with Crippen molar-refractivity contribution in [2.45, 2.75) is 19.1 Å². The molecular weight excluding hydrogens is 414 g/mol. The van der Waals surface area contributed by atoms with Gasteiger partial charge in [-0.3, -0.25) is 0 Å². The molecule has 0 saturated carbocycles. The average Bonchev–Trinajstić information content (AvgIpc) is 3.32. The van der Waals surface area contributed by atoms with Crippen LogP contribution in [0.5, 0.6) is 5.75 Å². The molecule has 1 aliphatic heterocycles. The first kappa shape index (κ1) is 22.6. The molecule has 1 heterocycles. The highest BCUT2D eigenvalue weighted by Crippen LogP contribution is 2.12. The smallest absolute Gasteiger partial charge is 0.408 e. The van der Waals surface area contributed by atoms with E-state index in [0.29, 0.717) is 11.7 Å². The highest BCUT2D eigenvalue weighted by Gasteiger charge is 2.20. The Morgan fingerprint density at radius 3 is 2.66 bits per heavy atom. The number of hydrogen-bond acceptors (Lipinski definition) is 8. The molecule has 0 spiro atoms. The number of amides is 1. The quantitative estimate of drug-likeness (QED) is 0.327. The number of carboxylic acid groups (broad SMARTS) is 1. The zero-order chi connectivity index (χ0) is 22.6. The van der Waals surface area contributed by atoms with Crippen LogP contribution in [0, 0.1) is 0 Å². The number of nitrogens with one attached hydrogen (secondary N) is 3. The zero-order valence-electron chi connectivity index (χ0n) is 17.4. The minimum Gasteiger partial charge on any atom is -0.494 e. The molecule has 1 amide bonds. The number of hydrogen-bond donors (Lipinski definition) is 4. The Kier molecular flexibility index (Phi) is 8.43. The van der Waals surface area contributed by atoms with E-state index in [0.717, 1.165) is 24.2 Å². The number of benzene rings is 2. The van der Waals surface area contributed by atoms with Gasteiger partial charge in [0.25, 0.3) is 0 Å². The van der Waals surface area contributed by atoms with Gasteiger partial charge >= 0.3 is 12.1 Å². The number of ether oxygens (including phenoxy) is 2. The van der Waals surface area contributed by atoms with Gasteiger partial charge in [-0.05, 0) is 35.4 Å². The molecule has 10 heteroatoms. The molecule has 168 valence electrons. The van der Waals surface area contributed by atoms with E-state index in [9.17, 15) is 14.7 Å². The number of rotatable bonds is 10. The number of carbonyl (C=O) groups excluding carboxylic acids is 1. The van der Waals surface area contributed by atoms with Gasteiger partial charge in [-0.2, -0.15) is 5.10 Å². The molecule has 0 aromatic heterocycles. The monoisotopic (exact) mass is 439 g/mol. The average molecular weight is 439 g/mol. The third-order valence-electron chi connectivity index (χ3n) is 4.42. The van der Waals surface area contributed by atoms with Crippen LogP contribution in [0.2, 0.25) is 0 Å². The lowest BCUT2D eigenvalue weighted by molar-refractivity contribution is -0.139. The van der Waals surface area contributed by atoms with Crippen LogP contribution in [0.25, 0.3) is 0 Å². The topological polar surface area (TPSA) is 134 Å². The second-order valence-electron chi connectivity index (χ2n) is 6.83. The van der Waals surface area contributed by atoms with Crippen molar-refractivity contribution in [2.24, 2.45) is 10.1 Å². The minimum atomic E-state index is -1.16. The molecule has 2 aromatic carbocycles. The summed E-state index contributed by atoms with van der Waals surface area (Å²) in [5.41, 5.74) is 4.48. The predicted octanol–water partition coefficient (Wildman–Crippen LogP) is 1.72. The summed E-state index contributed by atoms with van der Waals surface area (Å²) >= 11 is 0. The zero-order valence-corrected chi connectivity index (χ0v) is 17.4. The van der Waals surface area contributed by atoms with Gasteiger partial charge in [-0.15, -0.1) is 0 Å². The summed E-state index contributed by atoms with van der Waals surface area (Å²) in [6.45, 7) is 1.70. The number of aliphatic carboxylic acids is 1. The molecule has 4 N–H and O–H groups in total. The van der Waals surface area contributed by atoms with Gasteiger partial charge in [0, 0.05) is 13.0 Å². The maximum atomic E-state index is 11.9. The maximum absolute atomic E-state index is 11.9. The van der Waals surface area contributed by atoms with Crippen LogP contribution in [0.3, 0.4) is 0 Å². The van der Waals surface area contributed by atoms with Crippen LogP contribution in [-0.2, 0) is 16.1 Å². The molecule has 3 rings (SSSR count). The third kappa shape index (κ3) is 7.63. The van der Waals surface area contributed by atoms with Gasteiger partial charge in [0.05, 0.1) is 19.4 Å². The molecule has 0 saturated heterocycles. The van der Waals surface area contributed by atoms with Gasteiger partial charge < -0.3 is 25.2 Å². The Morgan fingerprint density at radius 1 is 1.19 bits per heavy atom. The highest BCUT2D eigenvalue weighted by atomic mass is 16.5. The molecular formula is C22H25N5O5. The Labute approximate surface area is 185 Å². The van der Waals surface area contributed by atoms with Crippen LogP contribution in [0.15, 0.2) is 64.7 Å². The Bertz CT molecular complexity index is 947. The number of hydrazone groups is 1. The lowest BCUT2D eigenvalue weighted by Gasteiger charge is -2.15. The van der Waals surface area contributed by atoms with Crippen molar-refractivity contribution in [1.82, 2.24) is 16.1 Å². The largest absolute Gasteiger partial charge is 0.494 e. The lowest BCUT2D eigenvalue weighted by Crippen LogP contribution is -2.42. The van der Waals surface area contributed by atoms with Gasteiger partial charge in [-0.1, -0.05) is 30.3 Å². The number of carboxylic acids is 1. The highest BCUT2D eigenvalue weighted by molar-refractivity contribution is 5.84. The van der Waals surface area contributed by atoms with Crippen molar-refractivity contribution in [3.05, 3.63) is 65.7 Å². The standard InChI is InChI=1S/C22H25N5O5/c28-20(29)19(26-22(30)32-15-17-4-2-1-3-5-17)10-13-31-18-8-6-16(7-9-18)14-25-27-21-23-11-12-24-21/h1-9,14,19H,10-13,15H2,(H,26,30)(H,28,29)(H2,23,24,27)/t19-/m0/s1. The Balaban J connectivity index is 1.39. The van der Waals surface area contributed by atoms with Crippen LogP contribution >= 0.6 is 0 Å². The predicted molar refractivity (Wildman–Crippen MR) is 119 cm³/mol. The summed E-state index contributed by atoms with van der Waals surface area (Å²) in [7, 11) is 0. The van der Waals surface area contributed by atoms with Gasteiger partial charge in [0.1, 0.15) is 18.4 Å². The van der Waals surface area contributed by atoms with E-state index in [1.807, 2.05) is 42.5 Å². The molecule has 1 atom stereocenters. The summed E-state index contributed by atoms with van der Waals surface area (Å²) in [6, 6.07) is 15.2. The van der Waals surface area contributed by atoms with E-state index >= 15 is 0 Å². The fraction of sp³-hybridized carbons (Fsp3) is 0.273. The summed E-state index contributed by atoms with van der Waals surface area (Å²) in [4.78, 5) is 27.5. The molecule has 0 unspecified atom stereocenters. The first-order valence-corrected chi connectivity index (χ1v) is 10.1. The van der Waals surface area contributed by atoms with Crippen molar-refractivity contribution < 1.29 is 24.2 Å². The second-order valence-corrected chi connectivity index (χ2v) is 6.83. The van der Waals surface area contributed by atoms with Gasteiger partial charge in [0.2, 0.25) is 5.96 Å². The number of guanidine groups is 1. The summed E-state index contributed by atoms with van der Waals surface area (Å²) in [5, 5.41) is 18.8. The summed E-state index contributed by atoms with van der Waals surface area (Å²) in [6.07, 6.45) is 0.938. The van der Waals surface area contributed by atoms with E-state index < -0.39 is 18.1 Å². The molecule has 0 fully saturated rings. The molecule has 0 bridgehead atoms. The molecule has 1 aliphatic rings. The Hall–Kier alpha value is -4.08. The fourth-order valence-electron chi connectivity index (χ4n) is 2.75. The molecule has 10 nitrogen and oxygen atoms in total. The van der Waals surface area contributed by atoms with Crippen molar-refractivity contribution in [3.8, 4) is 5.75 Å². The number of nitrogens with zero attached hydrogens (tertiary/aromatic N) is 2. The van der Waals surface area contributed by atoms with E-state index in [-0.39, 0.29) is 19.6 Å². The Morgan fingerprint density at radius 2 is 1.97 bits per heavy atom. The SMILES string of the molecule is O=C(N[C@@H](CCOc1ccc(C=NNC2=NCCN2)cc1)C(=O)O)OCc1ccccc1. The van der Waals surface area contributed by atoms with E-state index in [1.54, 1.807) is 18.3 Å². The number of aliphatic imine (C=N–C) groups is 1. The van der Waals surface area contributed by atoms with Gasteiger partial charge in [0.15, 0.2) is 0 Å². The van der Waals surface area contributed by atoms with E-state index in [1.165, 1.54) is 0 Å². The van der Waals surface area contributed by atoms with Crippen LogP contribution < -0.4 is 20.8 Å². The second kappa shape index (κ2) is 11.9. The van der Waals surface area contributed by atoms with Crippen molar-refractivity contribution in [2.75, 3.05) is 19.7 Å². The summed E-state index contributed by atoms with van der Waals surface area (Å²) in [5.74, 6) is 0.0603. The van der Waals surface area contributed by atoms with E-state index in [4.69, 9.17) is 9.47 Å². The first-order chi connectivity index (χ1) is 15.6. The van der Waals surface area contributed by atoms with Crippen molar-refractivity contribution >= 4 is 24.2 Å². The fourth-order valence-corrected chi connectivity index (χ4v) is 2.75. The number of carbonyl (C=O) groups is 2. The summed E-state index contributed by atoms with van der Waals surface area (Å²) < 4.78 is 10.7.